The molecule has 0 radical (unpaired) electrons. The van der Waals surface area contributed by atoms with Crippen LogP contribution in [-0.2, 0) is 11.2 Å². The number of hydrogen-bond donors (Lipinski definition) is 3. The Morgan fingerprint density at radius 1 is 1.26 bits per heavy atom. The lowest BCUT2D eigenvalue weighted by Crippen LogP contribution is -2.39. The van der Waals surface area contributed by atoms with Gasteiger partial charge in [-0.05, 0) is 36.2 Å². The molecule has 5 rings (SSSR count). The third-order valence-corrected chi connectivity index (χ3v) is 5.32. The average molecular weight is 479 g/mol. The number of primary amides is 1. The lowest BCUT2D eigenvalue weighted by atomic mass is 10.1. The number of nitrogens with zero attached hydrogens (tertiary/aromatic N) is 6. The lowest BCUT2D eigenvalue weighted by molar-refractivity contribution is 0.0292. The highest BCUT2D eigenvalue weighted by Gasteiger charge is 2.16. The van der Waals surface area contributed by atoms with Gasteiger partial charge in [-0.3, -0.25) is 4.57 Å². The zero-order chi connectivity index (χ0) is 24.6. The first-order chi connectivity index (χ1) is 17.0. The van der Waals surface area contributed by atoms with Crippen LogP contribution in [0.5, 0.6) is 11.5 Å². The first-order valence-corrected chi connectivity index (χ1v) is 10.9. The van der Waals surface area contributed by atoms with Gasteiger partial charge in [0.1, 0.15) is 17.8 Å². The van der Waals surface area contributed by atoms with E-state index < -0.39 is 6.03 Å². The smallest absolute Gasteiger partial charge is 0.340 e. The zero-order valence-electron chi connectivity index (χ0n) is 19.1. The van der Waals surface area contributed by atoms with Crippen LogP contribution in [0.1, 0.15) is 5.56 Å². The van der Waals surface area contributed by atoms with Gasteiger partial charge < -0.3 is 25.6 Å². The van der Waals surface area contributed by atoms with E-state index in [2.05, 4.69) is 38.0 Å². The summed E-state index contributed by atoms with van der Waals surface area (Å²) in [5.41, 5.74) is 7.52. The van der Waals surface area contributed by atoms with E-state index in [-0.39, 0.29) is 11.9 Å². The molecule has 0 bridgehead atoms. The van der Waals surface area contributed by atoms with E-state index in [0.717, 1.165) is 36.5 Å². The van der Waals surface area contributed by atoms with Crippen LogP contribution >= 0.6 is 0 Å². The number of carbonyl (C=O) groups excluding carboxylic acids is 1. The second-order valence-corrected chi connectivity index (χ2v) is 7.66. The number of ether oxygens (including phenoxy) is 2. The number of amides is 1. The Bertz CT molecular complexity index is 1230. The number of nitrogens with one attached hydrogen (secondary N) is 1. The minimum Gasteiger partial charge on any atom is -0.507 e. The van der Waals surface area contributed by atoms with Gasteiger partial charge in [-0.25, -0.2) is 4.79 Å². The molecule has 4 aromatic rings. The maximum atomic E-state index is 10.3. The Morgan fingerprint density at radius 3 is 2.69 bits per heavy atom. The van der Waals surface area contributed by atoms with Crippen molar-refractivity contribution in [2.45, 2.75) is 12.5 Å². The molecule has 1 amide bonds. The normalized spacial score (nSPS) is 15.2. The molecule has 35 heavy (non-hydrogen) atoms. The number of benzene rings is 2. The summed E-state index contributed by atoms with van der Waals surface area (Å²) in [5, 5.41) is 28.5. The molecule has 1 atom stereocenters. The summed E-state index contributed by atoms with van der Waals surface area (Å²) in [6.07, 6.45) is 5.49. The number of methoxy groups -OCH3 is 1. The third kappa shape index (κ3) is 5.99. The Kier molecular flexibility index (Phi) is 7.65. The van der Waals surface area contributed by atoms with Crippen molar-refractivity contribution in [2.75, 3.05) is 26.8 Å². The van der Waals surface area contributed by atoms with Crippen molar-refractivity contribution < 1.29 is 19.4 Å². The molecule has 4 N–H and O–H groups in total. The Balaban J connectivity index is 0.000000308. The van der Waals surface area contributed by atoms with E-state index >= 15 is 0 Å². The lowest BCUT2D eigenvalue weighted by Gasteiger charge is -2.23. The van der Waals surface area contributed by atoms with Gasteiger partial charge in [0.25, 0.3) is 0 Å². The van der Waals surface area contributed by atoms with E-state index in [4.69, 9.17) is 15.2 Å². The minimum atomic E-state index is -0.623. The molecule has 0 saturated carbocycles. The van der Waals surface area contributed by atoms with E-state index in [0.29, 0.717) is 17.1 Å². The van der Waals surface area contributed by atoms with Crippen LogP contribution in [-0.4, -0.2) is 73.8 Å². The molecule has 1 aliphatic rings. The predicted octanol–water partition coefficient (Wildman–Crippen LogP) is 1.38. The SMILES string of the molecule is COc1ccc(-c2nncn2-c2ccc(CC3CNCCO3)cc2)c(O)c1.NC(=O)n1ccnn1. The van der Waals surface area contributed by atoms with Crippen LogP contribution < -0.4 is 15.8 Å². The van der Waals surface area contributed by atoms with Crippen LogP contribution in [0.4, 0.5) is 4.79 Å². The average Bonchev–Trinajstić information content (AvgIpc) is 3.58. The highest BCUT2D eigenvalue weighted by molar-refractivity contribution is 5.73. The molecule has 2 aromatic heterocycles. The van der Waals surface area contributed by atoms with Gasteiger partial charge in [0.15, 0.2) is 5.82 Å². The Hall–Kier alpha value is -4.29. The van der Waals surface area contributed by atoms with E-state index in [1.54, 1.807) is 31.6 Å². The van der Waals surface area contributed by atoms with Gasteiger partial charge in [-0.2, -0.15) is 4.68 Å². The summed E-state index contributed by atoms with van der Waals surface area (Å²) in [4.78, 5) is 10.1. The standard InChI is InChI=1S/C20H22N4O3.C3H4N4O/c1-26-16-6-7-18(19(25)11-16)20-23-22-13-24(20)15-4-2-14(3-5-15)10-17-12-21-8-9-27-17;4-3(8)7-2-1-5-6-7/h2-7,11,13,17,21,25H,8-10,12H2,1H3;1-2H,(H2,4,8). The van der Waals surface area contributed by atoms with Gasteiger partial charge in [0, 0.05) is 24.8 Å². The van der Waals surface area contributed by atoms with Crippen molar-refractivity contribution >= 4 is 6.03 Å². The summed E-state index contributed by atoms with van der Waals surface area (Å²) >= 11 is 0. The van der Waals surface area contributed by atoms with Gasteiger partial charge >= 0.3 is 6.03 Å². The van der Waals surface area contributed by atoms with Gasteiger partial charge in [0.2, 0.25) is 0 Å². The van der Waals surface area contributed by atoms with Crippen LogP contribution in [0.25, 0.3) is 17.1 Å². The van der Waals surface area contributed by atoms with Gasteiger partial charge in [-0.1, -0.05) is 17.3 Å². The van der Waals surface area contributed by atoms with E-state index in [1.165, 1.54) is 18.0 Å². The van der Waals surface area contributed by atoms with Crippen molar-refractivity contribution in [3.8, 4) is 28.6 Å². The second kappa shape index (κ2) is 11.2. The molecule has 182 valence electrons. The molecule has 0 aliphatic carbocycles. The molecule has 1 fully saturated rings. The number of aromatic hydroxyl groups is 1. The van der Waals surface area contributed by atoms with Crippen molar-refractivity contribution in [1.29, 1.82) is 0 Å². The number of carbonyl (C=O) groups is 1. The second-order valence-electron chi connectivity index (χ2n) is 7.66. The molecule has 12 nitrogen and oxygen atoms in total. The zero-order valence-corrected chi connectivity index (χ0v) is 19.1. The van der Waals surface area contributed by atoms with Crippen LogP contribution in [0, 0.1) is 0 Å². The summed E-state index contributed by atoms with van der Waals surface area (Å²) in [7, 11) is 1.56. The first-order valence-electron chi connectivity index (χ1n) is 10.9. The predicted molar refractivity (Wildman–Crippen MR) is 126 cm³/mol. The molecular formula is C23H26N8O4. The molecule has 1 saturated heterocycles. The maximum absolute atomic E-state index is 10.3. The number of rotatable bonds is 5. The highest BCUT2D eigenvalue weighted by atomic mass is 16.5. The molecule has 1 unspecified atom stereocenters. The van der Waals surface area contributed by atoms with E-state index in [9.17, 15) is 9.90 Å². The number of phenols is 1. The number of phenolic OH excluding ortho intramolecular Hbond substituents is 1. The third-order valence-electron chi connectivity index (χ3n) is 5.32. The first kappa shape index (κ1) is 23.9. The fourth-order valence-electron chi connectivity index (χ4n) is 3.57. The van der Waals surface area contributed by atoms with Crippen LogP contribution in [0.2, 0.25) is 0 Å². The van der Waals surface area contributed by atoms with Crippen LogP contribution in [0.15, 0.2) is 61.2 Å². The number of morpholine rings is 1. The number of hydrogen-bond acceptors (Lipinski definition) is 9. The van der Waals surface area contributed by atoms with Crippen LogP contribution in [0.3, 0.4) is 0 Å². The Morgan fingerprint density at radius 2 is 2.09 bits per heavy atom. The summed E-state index contributed by atoms with van der Waals surface area (Å²) in [5.74, 6) is 1.26. The summed E-state index contributed by atoms with van der Waals surface area (Å²) in [6, 6.07) is 12.7. The topological polar surface area (TPSA) is 155 Å². The largest absolute Gasteiger partial charge is 0.507 e. The fourth-order valence-corrected chi connectivity index (χ4v) is 3.57. The van der Waals surface area contributed by atoms with E-state index in [1.807, 2.05) is 16.7 Å². The van der Waals surface area contributed by atoms with Crippen molar-refractivity contribution in [2.24, 2.45) is 5.73 Å². The van der Waals surface area contributed by atoms with Gasteiger partial charge in [0.05, 0.1) is 37.8 Å². The summed E-state index contributed by atoms with van der Waals surface area (Å²) < 4.78 is 13.7. The van der Waals surface area contributed by atoms with Crippen molar-refractivity contribution in [3.63, 3.8) is 0 Å². The fraction of sp³-hybridized carbons (Fsp3) is 0.261. The molecule has 1 aliphatic heterocycles. The molecule has 0 spiro atoms. The molecule has 3 heterocycles. The van der Waals surface area contributed by atoms with Gasteiger partial charge in [-0.15, -0.1) is 15.3 Å². The Labute approximate surface area is 201 Å². The monoisotopic (exact) mass is 478 g/mol. The minimum absolute atomic E-state index is 0.0992. The number of nitrogens with two attached hydrogens (primary N) is 1. The highest BCUT2D eigenvalue weighted by Crippen LogP contribution is 2.32. The van der Waals surface area contributed by atoms with Crippen molar-refractivity contribution in [1.82, 2.24) is 35.1 Å². The van der Waals surface area contributed by atoms with Crippen molar-refractivity contribution in [3.05, 3.63) is 66.7 Å². The summed E-state index contributed by atoms with van der Waals surface area (Å²) in [6.45, 7) is 2.57. The molecule has 2 aromatic carbocycles. The number of aromatic nitrogens is 6. The molecule has 12 heteroatoms. The quantitative estimate of drug-likeness (QED) is 0.386. The maximum Gasteiger partial charge on any atom is 0.340 e. The molecular weight excluding hydrogens is 452 g/mol.